The van der Waals surface area contributed by atoms with Gasteiger partial charge in [-0.05, 0) is 41.5 Å². The van der Waals surface area contributed by atoms with E-state index in [1.54, 1.807) is 18.3 Å². The maximum absolute atomic E-state index is 12.6. The second kappa shape index (κ2) is 5.55. The molecule has 102 valence electrons. The Labute approximate surface area is 131 Å². The molecule has 0 spiro atoms. The Morgan fingerprint density at radius 2 is 1.95 bits per heavy atom. The molecule has 0 saturated carbocycles. The molecule has 1 aliphatic heterocycles. The Morgan fingerprint density at radius 3 is 2.67 bits per heavy atom. The van der Waals surface area contributed by atoms with Gasteiger partial charge in [0.15, 0.2) is 0 Å². The van der Waals surface area contributed by atoms with Gasteiger partial charge in [0.05, 0.1) is 6.07 Å². The number of carbonyl (C=O) groups is 1. The lowest BCUT2D eigenvalue weighted by Crippen LogP contribution is -2.31. The van der Waals surface area contributed by atoms with Crippen molar-refractivity contribution in [3.63, 3.8) is 0 Å². The summed E-state index contributed by atoms with van der Waals surface area (Å²) in [5.74, 6) is -0.174. The molecule has 0 aromatic heterocycles. The van der Waals surface area contributed by atoms with Gasteiger partial charge in [0.2, 0.25) is 0 Å². The number of benzene rings is 2. The fourth-order valence-electron chi connectivity index (χ4n) is 2.38. The first-order chi connectivity index (χ1) is 10.2. The second-order valence-electron chi connectivity index (χ2n) is 4.70. The van der Waals surface area contributed by atoms with Gasteiger partial charge in [0, 0.05) is 16.2 Å². The summed E-state index contributed by atoms with van der Waals surface area (Å²) in [5.41, 5.74) is 2.36. The van der Waals surface area contributed by atoms with E-state index in [1.165, 1.54) is 4.90 Å². The van der Waals surface area contributed by atoms with Crippen molar-refractivity contribution in [1.82, 2.24) is 4.90 Å². The SMILES string of the molecule is N#CC1c2ccc(Br)cc2C=CN1C(=O)c1ccccc1. The first-order valence-corrected chi connectivity index (χ1v) is 7.25. The van der Waals surface area contributed by atoms with E-state index in [1.807, 2.05) is 42.5 Å². The highest BCUT2D eigenvalue weighted by Gasteiger charge is 2.28. The van der Waals surface area contributed by atoms with Crippen LogP contribution in [0.25, 0.3) is 6.08 Å². The molecule has 4 heteroatoms. The Morgan fingerprint density at radius 1 is 1.19 bits per heavy atom. The van der Waals surface area contributed by atoms with Crippen LogP contribution in [-0.4, -0.2) is 10.8 Å². The molecule has 0 radical (unpaired) electrons. The predicted octanol–water partition coefficient (Wildman–Crippen LogP) is 4.14. The smallest absolute Gasteiger partial charge is 0.259 e. The summed E-state index contributed by atoms with van der Waals surface area (Å²) in [4.78, 5) is 14.0. The number of amides is 1. The molecular formula is C17H11BrN2O. The minimum absolute atomic E-state index is 0.174. The fraction of sp³-hybridized carbons (Fsp3) is 0.0588. The predicted molar refractivity (Wildman–Crippen MR) is 84.1 cm³/mol. The zero-order valence-electron chi connectivity index (χ0n) is 11.0. The highest BCUT2D eigenvalue weighted by atomic mass is 79.9. The van der Waals surface area contributed by atoms with Crippen molar-refractivity contribution in [3.8, 4) is 6.07 Å². The van der Waals surface area contributed by atoms with Gasteiger partial charge < -0.3 is 0 Å². The molecule has 3 rings (SSSR count). The van der Waals surface area contributed by atoms with E-state index < -0.39 is 6.04 Å². The summed E-state index contributed by atoms with van der Waals surface area (Å²) >= 11 is 3.42. The molecule has 0 bridgehead atoms. The van der Waals surface area contributed by atoms with E-state index in [0.29, 0.717) is 5.56 Å². The van der Waals surface area contributed by atoms with E-state index in [4.69, 9.17) is 0 Å². The van der Waals surface area contributed by atoms with Crippen LogP contribution in [0.5, 0.6) is 0 Å². The first-order valence-electron chi connectivity index (χ1n) is 6.45. The average molecular weight is 339 g/mol. The molecule has 1 aliphatic rings. The zero-order valence-corrected chi connectivity index (χ0v) is 12.6. The van der Waals surface area contributed by atoms with Crippen LogP contribution in [0.15, 0.2) is 59.2 Å². The topological polar surface area (TPSA) is 44.1 Å². The third kappa shape index (κ3) is 2.48. The number of fused-ring (bicyclic) bond motifs is 1. The summed E-state index contributed by atoms with van der Waals surface area (Å²) in [6.07, 6.45) is 3.53. The third-order valence-corrected chi connectivity index (χ3v) is 3.91. The molecule has 0 N–H and O–H groups in total. The van der Waals surface area contributed by atoms with Crippen LogP contribution < -0.4 is 0 Å². The molecule has 0 saturated heterocycles. The lowest BCUT2D eigenvalue weighted by molar-refractivity contribution is 0.0794. The summed E-state index contributed by atoms with van der Waals surface area (Å²) in [5, 5.41) is 9.48. The molecule has 1 amide bonds. The van der Waals surface area contributed by atoms with Crippen LogP contribution in [-0.2, 0) is 0 Å². The van der Waals surface area contributed by atoms with Crippen LogP contribution in [0.2, 0.25) is 0 Å². The molecule has 1 atom stereocenters. The van der Waals surface area contributed by atoms with Crippen molar-refractivity contribution < 1.29 is 4.79 Å². The van der Waals surface area contributed by atoms with Crippen molar-refractivity contribution in [2.75, 3.05) is 0 Å². The van der Waals surface area contributed by atoms with E-state index in [0.717, 1.165) is 15.6 Å². The molecule has 21 heavy (non-hydrogen) atoms. The average Bonchev–Trinajstić information content (AvgIpc) is 2.53. The summed E-state index contributed by atoms with van der Waals surface area (Å²) in [6.45, 7) is 0. The lowest BCUT2D eigenvalue weighted by Gasteiger charge is -2.28. The lowest BCUT2D eigenvalue weighted by atomic mass is 9.96. The number of rotatable bonds is 1. The standard InChI is InChI=1S/C17H11BrN2O/c18-14-6-7-15-13(10-14)8-9-20(16(15)11-19)17(21)12-4-2-1-3-5-12/h1-10,16H. The van der Waals surface area contributed by atoms with Crippen molar-refractivity contribution in [2.24, 2.45) is 0 Å². The van der Waals surface area contributed by atoms with Gasteiger partial charge in [-0.3, -0.25) is 9.69 Å². The van der Waals surface area contributed by atoms with Crippen LogP contribution in [0.4, 0.5) is 0 Å². The van der Waals surface area contributed by atoms with E-state index in [2.05, 4.69) is 22.0 Å². The molecule has 2 aromatic rings. The molecule has 1 unspecified atom stereocenters. The van der Waals surface area contributed by atoms with Gasteiger partial charge in [-0.2, -0.15) is 5.26 Å². The van der Waals surface area contributed by atoms with Crippen LogP contribution >= 0.6 is 15.9 Å². The Hall–Kier alpha value is -2.38. The molecule has 1 heterocycles. The second-order valence-corrected chi connectivity index (χ2v) is 5.61. The number of nitriles is 1. The normalized spacial score (nSPS) is 16.2. The van der Waals surface area contributed by atoms with Gasteiger partial charge in [-0.1, -0.05) is 40.2 Å². The van der Waals surface area contributed by atoms with Crippen molar-refractivity contribution in [1.29, 1.82) is 5.26 Å². The van der Waals surface area contributed by atoms with Gasteiger partial charge >= 0.3 is 0 Å². The maximum Gasteiger partial charge on any atom is 0.259 e. The summed E-state index contributed by atoms with van der Waals surface area (Å²) in [7, 11) is 0. The molecular weight excluding hydrogens is 328 g/mol. The van der Waals surface area contributed by atoms with Gasteiger partial charge in [0.25, 0.3) is 5.91 Å². The Bertz CT molecular complexity index is 762. The number of hydrogen-bond acceptors (Lipinski definition) is 2. The van der Waals surface area contributed by atoms with Crippen molar-refractivity contribution in [2.45, 2.75) is 6.04 Å². The first kappa shape index (κ1) is 13.6. The Kier molecular flexibility index (Phi) is 3.59. The number of carbonyl (C=O) groups excluding carboxylic acids is 1. The van der Waals surface area contributed by atoms with Crippen LogP contribution in [0.1, 0.15) is 27.5 Å². The monoisotopic (exact) mass is 338 g/mol. The van der Waals surface area contributed by atoms with Crippen LogP contribution in [0, 0.1) is 11.3 Å². The third-order valence-electron chi connectivity index (χ3n) is 3.41. The van der Waals surface area contributed by atoms with E-state index >= 15 is 0 Å². The minimum atomic E-state index is -0.606. The summed E-state index contributed by atoms with van der Waals surface area (Å²) < 4.78 is 0.949. The van der Waals surface area contributed by atoms with Crippen LogP contribution in [0.3, 0.4) is 0 Å². The van der Waals surface area contributed by atoms with Crippen molar-refractivity contribution >= 4 is 27.9 Å². The largest absolute Gasteiger partial charge is 0.294 e. The maximum atomic E-state index is 12.6. The van der Waals surface area contributed by atoms with Gasteiger partial charge in [-0.15, -0.1) is 0 Å². The summed E-state index contributed by atoms with van der Waals surface area (Å²) in [6, 6.07) is 16.3. The molecule has 0 aliphatic carbocycles. The van der Waals surface area contributed by atoms with Gasteiger partial charge in [0.1, 0.15) is 6.04 Å². The highest BCUT2D eigenvalue weighted by molar-refractivity contribution is 9.10. The number of hydrogen-bond donors (Lipinski definition) is 0. The molecule has 0 fully saturated rings. The van der Waals surface area contributed by atoms with Crippen molar-refractivity contribution in [3.05, 3.63) is 75.9 Å². The highest BCUT2D eigenvalue weighted by Crippen LogP contribution is 2.32. The fourth-order valence-corrected chi connectivity index (χ4v) is 2.76. The molecule has 3 nitrogen and oxygen atoms in total. The minimum Gasteiger partial charge on any atom is -0.294 e. The number of nitrogens with zero attached hydrogens (tertiary/aromatic N) is 2. The van der Waals surface area contributed by atoms with E-state index in [9.17, 15) is 10.1 Å². The number of halogens is 1. The van der Waals surface area contributed by atoms with E-state index in [-0.39, 0.29) is 5.91 Å². The van der Waals surface area contributed by atoms with Gasteiger partial charge in [-0.25, -0.2) is 0 Å². The Balaban J connectivity index is 2.01. The quantitative estimate of drug-likeness (QED) is 0.784. The molecule has 2 aromatic carbocycles. The zero-order chi connectivity index (χ0) is 14.8.